The van der Waals surface area contributed by atoms with Gasteiger partial charge >= 0.3 is 6.03 Å². The SMILES string of the molecule is CSCC[C@H](NC(=O)N1C[C@@H]2C[C@H](C1)c1cccc(=O)n1C2)C(=O)Nc1ccc(C)cc1C. The number of amides is 3. The van der Waals surface area contributed by atoms with E-state index >= 15 is 0 Å². The van der Waals surface area contributed by atoms with Crippen LogP contribution >= 0.6 is 11.8 Å². The summed E-state index contributed by atoms with van der Waals surface area (Å²) in [5.74, 6) is 0.965. The van der Waals surface area contributed by atoms with Crippen molar-refractivity contribution in [2.24, 2.45) is 5.92 Å². The lowest BCUT2D eigenvalue weighted by molar-refractivity contribution is -0.118. The third-order valence-electron chi connectivity index (χ3n) is 6.63. The molecular formula is C25H32N4O3S. The highest BCUT2D eigenvalue weighted by Crippen LogP contribution is 2.34. The molecule has 1 saturated heterocycles. The van der Waals surface area contributed by atoms with Crippen LogP contribution in [0.25, 0.3) is 0 Å². The van der Waals surface area contributed by atoms with Gasteiger partial charge in [0.05, 0.1) is 0 Å². The third kappa shape index (κ3) is 5.27. The van der Waals surface area contributed by atoms with E-state index in [2.05, 4.69) is 10.6 Å². The summed E-state index contributed by atoms with van der Waals surface area (Å²) >= 11 is 1.65. The number of pyridine rings is 1. The topological polar surface area (TPSA) is 83.4 Å². The molecule has 0 aliphatic carbocycles. The molecule has 2 bridgehead atoms. The number of anilines is 1. The number of rotatable bonds is 6. The van der Waals surface area contributed by atoms with Crippen molar-refractivity contribution in [1.29, 1.82) is 0 Å². The molecule has 1 aromatic heterocycles. The van der Waals surface area contributed by atoms with Crippen molar-refractivity contribution in [3.8, 4) is 0 Å². The van der Waals surface area contributed by atoms with Crippen LogP contribution in [0.1, 0.15) is 35.6 Å². The van der Waals surface area contributed by atoms with Crippen molar-refractivity contribution >= 4 is 29.4 Å². The fourth-order valence-corrected chi connectivity index (χ4v) is 5.45. The quantitative estimate of drug-likeness (QED) is 0.681. The van der Waals surface area contributed by atoms with Crippen molar-refractivity contribution in [2.75, 3.05) is 30.4 Å². The maximum absolute atomic E-state index is 13.2. The summed E-state index contributed by atoms with van der Waals surface area (Å²) in [4.78, 5) is 40.4. The molecule has 2 aliphatic heterocycles. The van der Waals surface area contributed by atoms with Crippen molar-refractivity contribution in [3.63, 3.8) is 0 Å². The van der Waals surface area contributed by atoms with E-state index in [1.54, 1.807) is 23.9 Å². The summed E-state index contributed by atoms with van der Waals surface area (Å²) < 4.78 is 1.85. The van der Waals surface area contributed by atoms with E-state index in [1.807, 2.05) is 53.8 Å². The Morgan fingerprint density at radius 1 is 1.15 bits per heavy atom. The average molecular weight is 469 g/mol. The van der Waals surface area contributed by atoms with Crippen LogP contribution in [0.2, 0.25) is 0 Å². The Morgan fingerprint density at radius 2 is 1.97 bits per heavy atom. The van der Waals surface area contributed by atoms with Crippen LogP contribution in [-0.4, -0.2) is 52.5 Å². The van der Waals surface area contributed by atoms with Crippen molar-refractivity contribution in [1.82, 2.24) is 14.8 Å². The number of urea groups is 1. The van der Waals surface area contributed by atoms with Gasteiger partial charge in [-0.25, -0.2) is 4.79 Å². The number of aryl methyl sites for hydroxylation is 2. The number of nitrogens with zero attached hydrogens (tertiary/aromatic N) is 2. The van der Waals surface area contributed by atoms with E-state index in [9.17, 15) is 14.4 Å². The summed E-state index contributed by atoms with van der Waals surface area (Å²) in [5, 5.41) is 5.98. The van der Waals surface area contributed by atoms with Gasteiger partial charge in [0.25, 0.3) is 5.56 Å². The molecule has 3 heterocycles. The van der Waals surface area contributed by atoms with E-state index in [-0.39, 0.29) is 29.3 Å². The molecule has 1 aromatic carbocycles. The standard InChI is InChI=1S/C25H32N4O3S/c1-16-7-8-20(17(2)11-16)26-24(31)21(9-10-33-3)27-25(32)28-13-18-12-19(15-28)22-5-4-6-23(30)29(22)14-18/h4-8,11,18-19,21H,9-10,12-15H2,1-3H3,(H,26,31)(H,27,32)/t18-,19+,21-/m0/s1. The summed E-state index contributed by atoms with van der Waals surface area (Å²) in [5.41, 5.74) is 3.93. The minimum atomic E-state index is -0.609. The molecule has 33 heavy (non-hydrogen) atoms. The maximum atomic E-state index is 13.2. The smallest absolute Gasteiger partial charge is 0.318 e. The predicted octanol–water partition coefficient (Wildman–Crippen LogP) is 3.35. The Hall–Kier alpha value is -2.74. The minimum Gasteiger partial charge on any atom is -0.326 e. The molecule has 2 N–H and O–H groups in total. The van der Waals surface area contributed by atoms with Crippen LogP contribution in [0.15, 0.2) is 41.2 Å². The second-order valence-electron chi connectivity index (χ2n) is 9.19. The fourth-order valence-electron chi connectivity index (χ4n) is 4.98. The van der Waals surface area contributed by atoms with Crippen molar-refractivity contribution < 1.29 is 9.59 Å². The number of benzene rings is 1. The van der Waals surface area contributed by atoms with Gasteiger partial charge in [0.2, 0.25) is 5.91 Å². The lowest BCUT2D eigenvalue weighted by Crippen LogP contribution is -2.55. The first-order valence-electron chi connectivity index (χ1n) is 11.5. The number of likely N-dealkylation sites (tertiary alicyclic amines) is 1. The normalized spacial score (nSPS) is 20.0. The highest BCUT2D eigenvalue weighted by Gasteiger charge is 2.37. The molecule has 0 radical (unpaired) electrons. The van der Waals surface area contributed by atoms with Crippen LogP contribution in [-0.2, 0) is 11.3 Å². The largest absolute Gasteiger partial charge is 0.326 e. The summed E-state index contributed by atoms with van der Waals surface area (Å²) in [6.45, 7) is 5.77. The average Bonchev–Trinajstić information content (AvgIpc) is 2.79. The number of hydrogen-bond acceptors (Lipinski definition) is 4. The second kappa shape index (κ2) is 10.0. The number of fused-ring (bicyclic) bond motifs is 4. The molecule has 3 amide bonds. The Balaban J connectivity index is 1.45. The number of carbonyl (C=O) groups is 2. The lowest BCUT2D eigenvalue weighted by Gasteiger charge is -2.43. The zero-order valence-corrected chi connectivity index (χ0v) is 20.3. The van der Waals surface area contributed by atoms with Crippen molar-refractivity contribution in [3.05, 3.63) is 63.6 Å². The lowest BCUT2D eigenvalue weighted by atomic mass is 9.83. The number of aromatic nitrogens is 1. The monoisotopic (exact) mass is 468 g/mol. The van der Waals surface area contributed by atoms with Gasteiger partial charge in [-0.15, -0.1) is 0 Å². The number of thioether (sulfide) groups is 1. The van der Waals surface area contributed by atoms with Gasteiger partial charge in [-0.05, 0) is 62.3 Å². The molecule has 3 atom stereocenters. The van der Waals surface area contributed by atoms with Gasteiger partial charge in [-0.1, -0.05) is 23.8 Å². The van der Waals surface area contributed by atoms with Crippen molar-refractivity contribution in [2.45, 2.75) is 45.2 Å². The van der Waals surface area contributed by atoms with Gasteiger partial charge in [0, 0.05) is 43.0 Å². The molecule has 0 unspecified atom stereocenters. The van der Waals surface area contributed by atoms with Gasteiger partial charge in [-0.2, -0.15) is 11.8 Å². The van der Waals surface area contributed by atoms with Crippen LogP contribution in [0.5, 0.6) is 0 Å². The van der Waals surface area contributed by atoms with Gasteiger partial charge < -0.3 is 20.1 Å². The second-order valence-corrected chi connectivity index (χ2v) is 10.2. The number of hydrogen-bond donors (Lipinski definition) is 2. The third-order valence-corrected chi connectivity index (χ3v) is 7.28. The van der Waals surface area contributed by atoms with Crippen LogP contribution in [0.4, 0.5) is 10.5 Å². The molecule has 0 saturated carbocycles. The summed E-state index contributed by atoms with van der Waals surface area (Å²) in [6, 6.07) is 10.5. The zero-order valence-electron chi connectivity index (χ0n) is 19.5. The number of carbonyl (C=O) groups excluding carboxylic acids is 2. The van der Waals surface area contributed by atoms with E-state index in [1.165, 1.54) is 0 Å². The fraction of sp³-hybridized carbons (Fsp3) is 0.480. The highest BCUT2D eigenvalue weighted by molar-refractivity contribution is 7.98. The molecule has 0 spiro atoms. The van der Waals surface area contributed by atoms with Gasteiger partial charge in [0.1, 0.15) is 6.04 Å². The van der Waals surface area contributed by atoms with Crippen LogP contribution in [0, 0.1) is 19.8 Å². The van der Waals surface area contributed by atoms with E-state index in [0.717, 1.165) is 34.7 Å². The van der Waals surface area contributed by atoms with Crippen LogP contribution in [0.3, 0.4) is 0 Å². The highest BCUT2D eigenvalue weighted by atomic mass is 32.2. The molecule has 2 aliphatic rings. The molecule has 1 fully saturated rings. The van der Waals surface area contributed by atoms with Crippen LogP contribution < -0.4 is 16.2 Å². The molecule has 2 aromatic rings. The Kier molecular flexibility index (Phi) is 7.12. The van der Waals surface area contributed by atoms with Gasteiger partial charge in [-0.3, -0.25) is 9.59 Å². The van der Waals surface area contributed by atoms with E-state index in [0.29, 0.717) is 26.1 Å². The maximum Gasteiger partial charge on any atom is 0.318 e. The van der Waals surface area contributed by atoms with E-state index < -0.39 is 6.04 Å². The summed E-state index contributed by atoms with van der Waals surface area (Å²) in [6.07, 6.45) is 3.53. The Bertz CT molecular complexity index is 1100. The minimum absolute atomic E-state index is 0.0281. The Morgan fingerprint density at radius 3 is 2.73 bits per heavy atom. The Labute approximate surface area is 198 Å². The first-order valence-corrected chi connectivity index (χ1v) is 12.9. The number of nitrogens with one attached hydrogen (secondary N) is 2. The molecule has 176 valence electrons. The van der Waals surface area contributed by atoms with E-state index in [4.69, 9.17) is 0 Å². The first-order chi connectivity index (χ1) is 15.9. The summed E-state index contributed by atoms with van der Waals surface area (Å²) in [7, 11) is 0. The zero-order chi connectivity index (χ0) is 23.5. The number of piperidine rings is 1. The first kappa shape index (κ1) is 23.4. The molecule has 4 rings (SSSR count). The predicted molar refractivity (Wildman–Crippen MR) is 133 cm³/mol. The molecular weight excluding hydrogens is 436 g/mol. The molecule has 7 nitrogen and oxygen atoms in total. The molecule has 8 heteroatoms. The van der Waals surface area contributed by atoms with Gasteiger partial charge in [0.15, 0.2) is 0 Å².